The average molecular weight is 255 g/mol. The molecule has 7 heteroatoms. The Kier molecular flexibility index (Phi) is 3.91. The molecule has 0 aliphatic rings. The van der Waals surface area contributed by atoms with E-state index < -0.39 is 9.84 Å². The number of hydrazine groups is 1. The molecule has 1 atom stereocenters. The van der Waals surface area contributed by atoms with Crippen molar-refractivity contribution in [3.8, 4) is 0 Å². The molecule has 0 spiro atoms. The topological polar surface area (TPSA) is 72.2 Å². The van der Waals surface area contributed by atoms with E-state index in [0.717, 1.165) is 4.88 Å². The molecular formula is C7H11ClN2O2S2. The third-order valence-corrected chi connectivity index (χ3v) is 3.89. The summed E-state index contributed by atoms with van der Waals surface area (Å²) in [5.41, 5.74) is 2.46. The molecule has 14 heavy (non-hydrogen) atoms. The van der Waals surface area contributed by atoms with Crippen LogP contribution < -0.4 is 11.3 Å². The van der Waals surface area contributed by atoms with Crippen LogP contribution in [0.2, 0.25) is 4.34 Å². The highest BCUT2D eigenvalue weighted by Gasteiger charge is 2.17. The van der Waals surface area contributed by atoms with Crippen LogP contribution in [0.15, 0.2) is 12.1 Å². The molecule has 80 valence electrons. The molecule has 1 aromatic rings. The largest absolute Gasteiger partial charge is 0.271 e. The minimum atomic E-state index is -3.05. The molecular weight excluding hydrogens is 244 g/mol. The van der Waals surface area contributed by atoms with Crippen LogP contribution in [0.25, 0.3) is 0 Å². The SMILES string of the molecule is CS(=O)(=O)CC(NN)c1ccc(Cl)s1. The summed E-state index contributed by atoms with van der Waals surface area (Å²) in [5, 5.41) is 0. The molecule has 0 saturated heterocycles. The maximum Gasteiger partial charge on any atom is 0.149 e. The van der Waals surface area contributed by atoms with Gasteiger partial charge in [0.2, 0.25) is 0 Å². The molecule has 4 nitrogen and oxygen atoms in total. The minimum absolute atomic E-state index is 0.0274. The van der Waals surface area contributed by atoms with Gasteiger partial charge in [0, 0.05) is 11.1 Å². The molecule has 0 aliphatic heterocycles. The van der Waals surface area contributed by atoms with Gasteiger partial charge in [-0.1, -0.05) is 11.6 Å². The normalized spacial score (nSPS) is 14.2. The first-order valence-electron chi connectivity index (χ1n) is 3.81. The number of nitrogens with one attached hydrogen (secondary N) is 1. The number of thiophene rings is 1. The van der Waals surface area contributed by atoms with Crippen molar-refractivity contribution < 1.29 is 8.42 Å². The monoisotopic (exact) mass is 254 g/mol. The van der Waals surface area contributed by atoms with Gasteiger partial charge in [-0.15, -0.1) is 11.3 Å². The Morgan fingerprint density at radius 1 is 1.64 bits per heavy atom. The van der Waals surface area contributed by atoms with Crippen molar-refractivity contribution in [2.45, 2.75) is 6.04 Å². The quantitative estimate of drug-likeness (QED) is 0.620. The third-order valence-electron chi connectivity index (χ3n) is 1.61. The van der Waals surface area contributed by atoms with Crippen molar-refractivity contribution in [3.05, 3.63) is 21.3 Å². The Balaban J connectivity index is 2.83. The second-order valence-electron chi connectivity index (χ2n) is 2.95. The molecule has 1 unspecified atom stereocenters. The zero-order valence-electron chi connectivity index (χ0n) is 7.53. The zero-order valence-corrected chi connectivity index (χ0v) is 9.92. The summed E-state index contributed by atoms with van der Waals surface area (Å²) in [6, 6.07) is 3.10. The summed E-state index contributed by atoms with van der Waals surface area (Å²) < 4.78 is 22.7. The van der Waals surface area contributed by atoms with Gasteiger partial charge in [0.1, 0.15) is 9.84 Å². The molecule has 0 saturated carbocycles. The first-order valence-corrected chi connectivity index (χ1v) is 7.07. The summed E-state index contributed by atoms with van der Waals surface area (Å²) >= 11 is 7.05. The fraction of sp³-hybridized carbons (Fsp3) is 0.429. The summed E-state index contributed by atoms with van der Waals surface area (Å²) in [7, 11) is -3.05. The smallest absolute Gasteiger partial charge is 0.149 e. The molecule has 0 aliphatic carbocycles. The van der Waals surface area contributed by atoms with E-state index >= 15 is 0 Å². The van der Waals surface area contributed by atoms with Gasteiger partial charge in [0.15, 0.2) is 0 Å². The molecule has 0 radical (unpaired) electrons. The average Bonchev–Trinajstić information content (AvgIpc) is 2.46. The third kappa shape index (κ3) is 3.55. The van der Waals surface area contributed by atoms with E-state index in [-0.39, 0.29) is 11.8 Å². The summed E-state index contributed by atoms with van der Waals surface area (Å²) in [6.45, 7) is 0. The lowest BCUT2D eigenvalue weighted by atomic mass is 10.3. The van der Waals surface area contributed by atoms with Gasteiger partial charge in [0.25, 0.3) is 0 Å². The maximum absolute atomic E-state index is 11.1. The molecule has 0 aromatic carbocycles. The van der Waals surface area contributed by atoms with Gasteiger partial charge in [0.05, 0.1) is 16.1 Å². The second-order valence-corrected chi connectivity index (χ2v) is 6.89. The number of nitrogens with two attached hydrogens (primary N) is 1. The van der Waals surface area contributed by atoms with Crippen molar-refractivity contribution in [2.75, 3.05) is 12.0 Å². The lowest BCUT2D eigenvalue weighted by molar-refractivity contribution is 0.568. The van der Waals surface area contributed by atoms with Crippen molar-refractivity contribution in [1.29, 1.82) is 0 Å². The van der Waals surface area contributed by atoms with E-state index in [4.69, 9.17) is 17.4 Å². The van der Waals surface area contributed by atoms with Crippen molar-refractivity contribution in [3.63, 3.8) is 0 Å². The predicted molar refractivity (Wildman–Crippen MR) is 59.1 cm³/mol. The van der Waals surface area contributed by atoms with E-state index in [1.165, 1.54) is 17.6 Å². The molecule has 1 aromatic heterocycles. The first-order chi connectivity index (χ1) is 6.42. The highest BCUT2D eigenvalue weighted by atomic mass is 35.5. The highest BCUT2D eigenvalue weighted by molar-refractivity contribution is 7.90. The molecule has 0 bridgehead atoms. The van der Waals surface area contributed by atoms with Crippen LogP contribution in [0.5, 0.6) is 0 Å². The standard InChI is InChI=1S/C7H11ClN2O2S2/c1-14(11,12)4-5(10-9)6-2-3-7(8)13-6/h2-3,5,10H,4,9H2,1H3. The molecule has 1 rings (SSSR count). The molecule has 0 amide bonds. The summed E-state index contributed by atoms with van der Waals surface area (Å²) in [5.74, 6) is 5.24. The zero-order chi connectivity index (χ0) is 10.8. The fourth-order valence-electron chi connectivity index (χ4n) is 1.03. The number of rotatable bonds is 4. The molecule has 3 N–H and O–H groups in total. The van der Waals surface area contributed by atoms with Crippen LogP contribution in [-0.2, 0) is 9.84 Å². The Morgan fingerprint density at radius 3 is 2.64 bits per heavy atom. The van der Waals surface area contributed by atoms with Crippen LogP contribution in [0.1, 0.15) is 10.9 Å². The number of sulfone groups is 1. The maximum atomic E-state index is 11.1. The minimum Gasteiger partial charge on any atom is -0.271 e. The Labute approximate surface area is 92.0 Å². The Hall–Kier alpha value is -0.140. The van der Waals surface area contributed by atoms with Crippen LogP contribution in [0, 0.1) is 0 Å². The number of hydrogen-bond donors (Lipinski definition) is 2. The van der Waals surface area contributed by atoms with Crippen LogP contribution >= 0.6 is 22.9 Å². The lowest BCUT2D eigenvalue weighted by Crippen LogP contribution is -2.32. The van der Waals surface area contributed by atoms with E-state index in [1.807, 2.05) is 0 Å². The van der Waals surface area contributed by atoms with E-state index in [2.05, 4.69) is 5.43 Å². The Morgan fingerprint density at radius 2 is 2.29 bits per heavy atom. The molecule has 0 fully saturated rings. The van der Waals surface area contributed by atoms with Crippen molar-refractivity contribution >= 4 is 32.8 Å². The Bertz CT molecular complexity index is 402. The summed E-state index contributed by atoms with van der Waals surface area (Å²) in [6.07, 6.45) is 1.17. The second kappa shape index (κ2) is 4.59. The fourth-order valence-corrected chi connectivity index (χ4v) is 3.14. The van der Waals surface area contributed by atoms with Gasteiger partial charge >= 0.3 is 0 Å². The van der Waals surface area contributed by atoms with Gasteiger partial charge in [-0.25, -0.2) is 8.42 Å². The van der Waals surface area contributed by atoms with Crippen molar-refractivity contribution in [2.24, 2.45) is 5.84 Å². The lowest BCUT2D eigenvalue weighted by Gasteiger charge is -2.12. The predicted octanol–water partition coefficient (Wildman–Crippen LogP) is 0.951. The van der Waals surface area contributed by atoms with Crippen LogP contribution in [0.3, 0.4) is 0 Å². The van der Waals surface area contributed by atoms with Crippen LogP contribution in [-0.4, -0.2) is 20.4 Å². The first kappa shape index (κ1) is 11.9. The van der Waals surface area contributed by atoms with E-state index in [9.17, 15) is 8.42 Å². The van der Waals surface area contributed by atoms with Gasteiger partial charge in [-0.2, -0.15) is 0 Å². The van der Waals surface area contributed by atoms with Gasteiger partial charge < -0.3 is 0 Å². The number of hydrogen-bond acceptors (Lipinski definition) is 5. The number of halogens is 1. The molecule has 1 heterocycles. The van der Waals surface area contributed by atoms with Gasteiger partial charge in [-0.3, -0.25) is 11.3 Å². The van der Waals surface area contributed by atoms with Crippen LogP contribution in [0.4, 0.5) is 0 Å². The summed E-state index contributed by atoms with van der Waals surface area (Å²) in [4.78, 5) is 0.822. The van der Waals surface area contributed by atoms with Gasteiger partial charge in [-0.05, 0) is 12.1 Å². The van der Waals surface area contributed by atoms with Crippen molar-refractivity contribution in [1.82, 2.24) is 5.43 Å². The van der Waals surface area contributed by atoms with E-state index in [0.29, 0.717) is 4.34 Å². The van der Waals surface area contributed by atoms with E-state index in [1.54, 1.807) is 12.1 Å². The highest BCUT2D eigenvalue weighted by Crippen LogP contribution is 2.27.